The van der Waals surface area contributed by atoms with Crippen LogP contribution in [0.25, 0.3) is 0 Å². The predicted molar refractivity (Wildman–Crippen MR) is 105 cm³/mol. The molecule has 0 saturated carbocycles. The summed E-state index contributed by atoms with van der Waals surface area (Å²) in [6.45, 7) is 6.59. The van der Waals surface area contributed by atoms with Gasteiger partial charge in [-0.2, -0.15) is 0 Å². The lowest BCUT2D eigenvalue weighted by molar-refractivity contribution is 0.100. The summed E-state index contributed by atoms with van der Waals surface area (Å²) in [4.78, 5) is 16.1. The normalized spacial score (nSPS) is 16.3. The van der Waals surface area contributed by atoms with E-state index < -0.39 is 5.91 Å². The van der Waals surface area contributed by atoms with Gasteiger partial charge in [-0.05, 0) is 31.2 Å². The third kappa shape index (κ3) is 4.26. The molecule has 1 atom stereocenters. The molecular formula is C20H26N4O2. The maximum atomic E-state index is 11.5. The van der Waals surface area contributed by atoms with Gasteiger partial charge >= 0.3 is 0 Å². The fourth-order valence-corrected chi connectivity index (χ4v) is 3.43. The second kappa shape index (κ2) is 8.10. The maximum Gasteiger partial charge on any atom is 0.250 e. The van der Waals surface area contributed by atoms with Crippen molar-refractivity contribution in [2.45, 2.75) is 13.0 Å². The number of rotatable bonds is 6. The van der Waals surface area contributed by atoms with E-state index in [1.165, 1.54) is 0 Å². The Morgan fingerprint density at radius 3 is 2.46 bits per heavy atom. The summed E-state index contributed by atoms with van der Waals surface area (Å²) in [5.74, 6) is -0.0874. The lowest BCUT2D eigenvalue weighted by atomic mass is 10.1. The molecule has 6 heteroatoms. The zero-order valence-electron chi connectivity index (χ0n) is 15.1. The quantitative estimate of drug-likeness (QED) is 0.740. The number of aromatic hydroxyl groups is 1. The molecule has 2 aromatic rings. The van der Waals surface area contributed by atoms with Crippen LogP contribution in [-0.2, 0) is 0 Å². The zero-order chi connectivity index (χ0) is 18.5. The number of hydrogen-bond donors (Lipinski definition) is 3. The lowest BCUT2D eigenvalue weighted by Gasteiger charge is -2.37. The molecular weight excluding hydrogens is 328 g/mol. The highest BCUT2D eigenvalue weighted by Crippen LogP contribution is 2.27. The van der Waals surface area contributed by atoms with E-state index in [1.807, 2.05) is 36.4 Å². The van der Waals surface area contributed by atoms with Crippen LogP contribution in [0.15, 0.2) is 48.5 Å². The Balaban J connectivity index is 1.53. The average Bonchev–Trinajstić information content (AvgIpc) is 2.63. The standard InChI is InChI=1S/C20H26N4O2/c1-15(22-17-7-3-2-6-16(17)20(21)26)14-23-10-12-24(13-11-23)18-8-4-5-9-19(18)25/h2-9,15,22,25H,10-14H2,1H3,(H2,21,26). The maximum absolute atomic E-state index is 11.5. The van der Waals surface area contributed by atoms with Gasteiger partial charge in [-0.15, -0.1) is 0 Å². The molecule has 1 fully saturated rings. The van der Waals surface area contributed by atoms with Crippen LogP contribution in [0.1, 0.15) is 17.3 Å². The molecule has 1 aliphatic rings. The third-order valence-corrected chi connectivity index (χ3v) is 4.72. The monoisotopic (exact) mass is 354 g/mol. The van der Waals surface area contributed by atoms with Crippen molar-refractivity contribution in [1.82, 2.24) is 4.90 Å². The van der Waals surface area contributed by atoms with Crippen molar-refractivity contribution in [3.8, 4) is 5.75 Å². The van der Waals surface area contributed by atoms with Crippen LogP contribution < -0.4 is 16.0 Å². The van der Waals surface area contributed by atoms with Crippen LogP contribution >= 0.6 is 0 Å². The van der Waals surface area contributed by atoms with Gasteiger partial charge in [0.15, 0.2) is 0 Å². The summed E-state index contributed by atoms with van der Waals surface area (Å²) in [5.41, 5.74) is 7.63. The van der Waals surface area contributed by atoms with Crippen molar-refractivity contribution < 1.29 is 9.90 Å². The van der Waals surface area contributed by atoms with E-state index in [4.69, 9.17) is 5.73 Å². The molecule has 1 saturated heterocycles. The number of nitrogens with zero attached hydrogens (tertiary/aromatic N) is 2. The number of carbonyl (C=O) groups is 1. The first-order valence-electron chi connectivity index (χ1n) is 8.95. The number of phenols is 1. The molecule has 1 aliphatic heterocycles. The Morgan fingerprint density at radius 2 is 1.77 bits per heavy atom. The number of para-hydroxylation sites is 3. The van der Waals surface area contributed by atoms with E-state index in [1.54, 1.807) is 12.1 Å². The van der Waals surface area contributed by atoms with Gasteiger partial charge in [0.2, 0.25) is 0 Å². The van der Waals surface area contributed by atoms with Gasteiger partial charge in [0.25, 0.3) is 5.91 Å². The zero-order valence-corrected chi connectivity index (χ0v) is 15.1. The Hall–Kier alpha value is -2.73. The molecule has 1 heterocycles. The van der Waals surface area contributed by atoms with Crippen LogP contribution in [-0.4, -0.2) is 54.7 Å². The molecule has 2 aromatic carbocycles. The minimum atomic E-state index is -0.420. The van der Waals surface area contributed by atoms with E-state index in [-0.39, 0.29) is 6.04 Å². The molecule has 0 bridgehead atoms. The first-order valence-corrected chi connectivity index (χ1v) is 8.95. The largest absolute Gasteiger partial charge is 0.506 e. The van der Waals surface area contributed by atoms with E-state index in [0.717, 1.165) is 44.1 Å². The highest BCUT2D eigenvalue weighted by molar-refractivity contribution is 5.98. The van der Waals surface area contributed by atoms with Crippen molar-refractivity contribution in [3.63, 3.8) is 0 Å². The van der Waals surface area contributed by atoms with E-state index in [0.29, 0.717) is 11.3 Å². The number of primary amides is 1. The Bertz CT molecular complexity index is 757. The molecule has 0 radical (unpaired) electrons. The molecule has 1 amide bonds. The minimum absolute atomic E-state index is 0.187. The number of benzene rings is 2. The predicted octanol–water partition coefficient (Wildman–Crippen LogP) is 2.11. The molecule has 3 rings (SSSR count). The van der Waals surface area contributed by atoms with Crippen molar-refractivity contribution in [3.05, 3.63) is 54.1 Å². The molecule has 6 nitrogen and oxygen atoms in total. The van der Waals surface area contributed by atoms with Gasteiger partial charge in [0, 0.05) is 44.5 Å². The topological polar surface area (TPSA) is 81.8 Å². The first-order chi connectivity index (χ1) is 12.5. The summed E-state index contributed by atoms with van der Waals surface area (Å²) in [5, 5.41) is 13.4. The van der Waals surface area contributed by atoms with Gasteiger partial charge in [0.05, 0.1) is 11.3 Å². The number of nitrogens with two attached hydrogens (primary N) is 1. The lowest BCUT2D eigenvalue weighted by Crippen LogP contribution is -2.49. The van der Waals surface area contributed by atoms with Gasteiger partial charge in [-0.1, -0.05) is 24.3 Å². The smallest absolute Gasteiger partial charge is 0.250 e. The Labute approximate surface area is 154 Å². The summed E-state index contributed by atoms with van der Waals surface area (Å²) in [7, 11) is 0. The van der Waals surface area contributed by atoms with Crippen LogP contribution in [0.3, 0.4) is 0 Å². The number of anilines is 2. The molecule has 4 N–H and O–H groups in total. The number of hydrogen-bond acceptors (Lipinski definition) is 5. The second-order valence-corrected chi connectivity index (χ2v) is 6.73. The van der Waals surface area contributed by atoms with Crippen molar-refractivity contribution >= 4 is 17.3 Å². The summed E-state index contributed by atoms with van der Waals surface area (Å²) in [6.07, 6.45) is 0. The van der Waals surface area contributed by atoms with E-state index >= 15 is 0 Å². The highest BCUT2D eigenvalue weighted by Gasteiger charge is 2.20. The van der Waals surface area contributed by atoms with Gasteiger partial charge < -0.3 is 21.1 Å². The number of carbonyl (C=O) groups excluding carboxylic acids is 1. The number of amides is 1. The van der Waals surface area contributed by atoms with Crippen molar-refractivity contribution in [2.75, 3.05) is 42.9 Å². The van der Waals surface area contributed by atoms with Crippen LogP contribution in [0.4, 0.5) is 11.4 Å². The summed E-state index contributed by atoms with van der Waals surface area (Å²) >= 11 is 0. The summed E-state index contributed by atoms with van der Waals surface area (Å²) in [6, 6.07) is 15.0. The second-order valence-electron chi connectivity index (χ2n) is 6.73. The first kappa shape index (κ1) is 18.1. The van der Waals surface area contributed by atoms with Crippen molar-refractivity contribution in [2.24, 2.45) is 5.73 Å². The molecule has 0 aromatic heterocycles. The Morgan fingerprint density at radius 1 is 1.12 bits per heavy atom. The number of nitrogens with one attached hydrogen (secondary N) is 1. The average molecular weight is 354 g/mol. The summed E-state index contributed by atoms with van der Waals surface area (Å²) < 4.78 is 0. The third-order valence-electron chi connectivity index (χ3n) is 4.72. The highest BCUT2D eigenvalue weighted by atomic mass is 16.3. The van der Waals surface area contributed by atoms with E-state index in [9.17, 15) is 9.90 Å². The molecule has 1 unspecified atom stereocenters. The molecule has 138 valence electrons. The van der Waals surface area contributed by atoms with Crippen LogP contribution in [0.5, 0.6) is 5.75 Å². The van der Waals surface area contributed by atoms with Crippen molar-refractivity contribution in [1.29, 1.82) is 0 Å². The fourth-order valence-electron chi connectivity index (χ4n) is 3.43. The molecule has 0 spiro atoms. The van der Waals surface area contributed by atoms with Gasteiger partial charge in [-0.3, -0.25) is 9.69 Å². The van der Waals surface area contributed by atoms with Crippen LogP contribution in [0.2, 0.25) is 0 Å². The van der Waals surface area contributed by atoms with Crippen LogP contribution in [0, 0.1) is 0 Å². The minimum Gasteiger partial charge on any atom is -0.506 e. The molecule has 0 aliphatic carbocycles. The number of piperazine rings is 1. The molecule has 26 heavy (non-hydrogen) atoms. The Kier molecular flexibility index (Phi) is 5.63. The fraction of sp³-hybridized carbons (Fsp3) is 0.350. The van der Waals surface area contributed by atoms with Gasteiger partial charge in [-0.25, -0.2) is 0 Å². The van der Waals surface area contributed by atoms with E-state index in [2.05, 4.69) is 22.0 Å². The van der Waals surface area contributed by atoms with Gasteiger partial charge in [0.1, 0.15) is 5.75 Å². The SMILES string of the molecule is CC(CN1CCN(c2ccccc2O)CC1)Nc1ccccc1C(N)=O. The number of phenolic OH excluding ortho intramolecular Hbond substituents is 1.